The minimum atomic E-state index is -0.485. The molecule has 0 radical (unpaired) electrons. The fourth-order valence-electron chi connectivity index (χ4n) is 5.18. The number of ether oxygens (including phenoxy) is 1. The van der Waals surface area contributed by atoms with Gasteiger partial charge in [0.25, 0.3) is 0 Å². The van der Waals surface area contributed by atoms with Crippen molar-refractivity contribution in [2.45, 2.75) is 59.4 Å². The Morgan fingerprint density at radius 2 is 1.24 bits per heavy atom. The molecule has 0 fully saturated rings. The summed E-state index contributed by atoms with van der Waals surface area (Å²) < 4.78 is 5.73. The van der Waals surface area contributed by atoms with E-state index in [9.17, 15) is 4.79 Å². The predicted molar refractivity (Wildman–Crippen MR) is 141 cm³/mol. The first-order chi connectivity index (χ1) is 16.2. The summed E-state index contributed by atoms with van der Waals surface area (Å²) in [6.07, 6.45) is 0. The van der Waals surface area contributed by atoms with E-state index in [1.54, 1.807) is 0 Å². The summed E-state index contributed by atoms with van der Waals surface area (Å²) in [6.45, 7) is 11.5. The highest BCUT2D eigenvalue weighted by Gasteiger charge is 2.32. The Bertz CT molecular complexity index is 1290. The van der Waals surface area contributed by atoms with E-state index in [0.29, 0.717) is 0 Å². The van der Waals surface area contributed by atoms with Crippen molar-refractivity contribution in [2.24, 2.45) is 5.92 Å². The number of esters is 1. The Morgan fingerprint density at radius 3 is 1.71 bits per heavy atom. The largest absolute Gasteiger partial charge is 0.460 e. The zero-order valence-corrected chi connectivity index (χ0v) is 20.8. The molecule has 2 atom stereocenters. The van der Waals surface area contributed by atoms with E-state index in [2.05, 4.69) is 84.6 Å². The van der Waals surface area contributed by atoms with Gasteiger partial charge < -0.3 is 4.74 Å². The van der Waals surface area contributed by atoms with Gasteiger partial charge in [0.15, 0.2) is 0 Å². The molecule has 0 unspecified atom stereocenters. The van der Waals surface area contributed by atoms with Crippen LogP contribution in [0.1, 0.15) is 45.7 Å². The van der Waals surface area contributed by atoms with Gasteiger partial charge >= 0.3 is 5.97 Å². The molecule has 0 amide bonds. The first-order valence-electron chi connectivity index (χ1n) is 12.2. The summed E-state index contributed by atoms with van der Waals surface area (Å²) in [5.41, 5.74) is 4.77. The molecule has 0 bridgehead atoms. The number of carbonyl (C=O) groups is 1. The van der Waals surface area contributed by atoms with Crippen LogP contribution < -0.4 is 0 Å². The molecule has 34 heavy (non-hydrogen) atoms. The fourth-order valence-corrected chi connectivity index (χ4v) is 5.18. The molecule has 4 aromatic carbocycles. The molecular formula is C31H33NO2. The number of benzene rings is 4. The normalized spacial score (nSPS) is 15.9. The van der Waals surface area contributed by atoms with Crippen LogP contribution in [0.2, 0.25) is 0 Å². The van der Waals surface area contributed by atoms with E-state index in [-0.39, 0.29) is 17.9 Å². The van der Waals surface area contributed by atoms with Crippen molar-refractivity contribution in [1.29, 1.82) is 0 Å². The van der Waals surface area contributed by atoms with Gasteiger partial charge in [-0.25, -0.2) is 0 Å². The van der Waals surface area contributed by atoms with Crippen molar-refractivity contribution in [2.75, 3.05) is 0 Å². The van der Waals surface area contributed by atoms with Gasteiger partial charge in [0.1, 0.15) is 5.60 Å². The summed E-state index contributed by atoms with van der Waals surface area (Å²) in [5.74, 6) is -0.369. The third-order valence-corrected chi connectivity index (χ3v) is 7.11. The predicted octanol–water partition coefficient (Wildman–Crippen LogP) is 7.34. The van der Waals surface area contributed by atoms with E-state index in [1.807, 2.05) is 27.7 Å². The highest BCUT2D eigenvalue weighted by molar-refractivity contribution is 6.08. The monoisotopic (exact) mass is 451 g/mol. The zero-order valence-electron chi connectivity index (χ0n) is 20.8. The summed E-state index contributed by atoms with van der Waals surface area (Å²) in [6, 6.07) is 26.3. The maximum absolute atomic E-state index is 12.9. The van der Waals surface area contributed by atoms with Gasteiger partial charge in [0.2, 0.25) is 0 Å². The Labute approximate surface area is 202 Å². The van der Waals surface area contributed by atoms with Crippen molar-refractivity contribution >= 4 is 27.5 Å². The standard InChI is InChI=1S/C31H33NO2/c1-20(30(33)34-31(3,4)5)21(2)32-18-24-16-14-22-10-6-8-12-26(22)28(24)29-25(19-32)17-15-23-11-7-9-13-27(23)29/h6-17,20-21H,18-19H2,1-5H3/t20-,21-/m1/s1. The second kappa shape index (κ2) is 8.56. The average Bonchev–Trinajstić information content (AvgIpc) is 2.99. The lowest BCUT2D eigenvalue weighted by Crippen LogP contribution is -2.41. The van der Waals surface area contributed by atoms with Crippen LogP contribution in [-0.4, -0.2) is 22.5 Å². The Morgan fingerprint density at radius 1 is 0.765 bits per heavy atom. The molecule has 0 N–H and O–H groups in total. The van der Waals surface area contributed by atoms with Gasteiger partial charge in [-0.15, -0.1) is 0 Å². The maximum Gasteiger partial charge on any atom is 0.310 e. The average molecular weight is 452 g/mol. The van der Waals surface area contributed by atoms with Crippen LogP contribution in [0.5, 0.6) is 0 Å². The summed E-state index contributed by atoms with van der Waals surface area (Å²) in [7, 11) is 0. The second-order valence-corrected chi connectivity index (χ2v) is 10.6. The number of hydrogen-bond acceptors (Lipinski definition) is 3. The second-order valence-electron chi connectivity index (χ2n) is 10.6. The topological polar surface area (TPSA) is 29.5 Å². The van der Waals surface area contributed by atoms with Gasteiger partial charge in [0, 0.05) is 19.1 Å². The minimum absolute atomic E-state index is 0.0339. The van der Waals surface area contributed by atoms with E-state index in [0.717, 1.165) is 13.1 Å². The van der Waals surface area contributed by atoms with Gasteiger partial charge in [-0.05, 0) is 71.5 Å². The van der Waals surface area contributed by atoms with Crippen molar-refractivity contribution in [3.05, 3.63) is 83.9 Å². The molecule has 1 aliphatic rings. The molecule has 174 valence electrons. The maximum atomic E-state index is 12.9. The molecule has 1 aliphatic heterocycles. The van der Waals surface area contributed by atoms with Crippen molar-refractivity contribution < 1.29 is 9.53 Å². The zero-order chi connectivity index (χ0) is 24.0. The molecule has 0 aromatic heterocycles. The van der Waals surface area contributed by atoms with Gasteiger partial charge in [0.05, 0.1) is 5.92 Å². The Balaban J connectivity index is 1.66. The van der Waals surface area contributed by atoms with E-state index in [4.69, 9.17) is 4.74 Å². The molecule has 0 spiro atoms. The van der Waals surface area contributed by atoms with Crippen LogP contribution in [0.25, 0.3) is 32.7 Å². The summed E-state index contributed by atoms with van der Waals surface area (Å²) in [5, 5.41) is 5.08. The van der Waals surface area contributed by atoms with Crippen LogP contribution in [0.3, 0.4) is 0 Å². The lowest BCUT2D eigenvalue weighted by Gasteiger charge is -2.33. The molecule has 0 saturated carbocycles. The van der Waals surface area contributed by atoms with Gasteiger partial charge in [-0.1, -0.05) is 79.7 Å². The SMILES string of the molecule is C[C@H]([C@@H](C)C(=O)OC(C)(C)C)N1Cc2ccc3ccccc3c2-c2c(ccc3ccccc23)C1. The first kappa shape index (κ1) is 22.6. The third kappa shape index (κ3) is 4.10. The van der Waals surface area contributed by atoms with Crippen LogP contribution >= 0.6 is 0 Å². The lowest BCUT2D eigenvalue weighted by molar-refractivity contribution is -0.161. The van der Waals surface area contributed by atoms with E-state index in [1.165, 1.54) is 43.8 Å². The van der Waals surface area contributed by atoms with Gasteiger partial charge in [-0.3, -0.25) is 9.69 Å². The molecular weight excluding hydrogens is 418 g/mol. The van der Waals surface area contributed by atoms with Crippen LogP contribution in [0.15, 0.2) is 72.8 Å². The number of fused-ring (bicyclic) bond motifs is 7. The molecule has 3 nitrogen and oxygen atoms in total. The van der Waals surface area contributed by atoms with Crippen molar-refractivity contribution in [1.82, 2.24) is 4.90 Å². The third-order valence-electron chi connectivity index (χ3n) is 7.11. The number of carbonyl (C=O) groups excluding carboxylic acids is 1. The molecule has 5 rings (SSSR count). The number of nitrogens with zero attached hydrogens (tertiary/aromatic N) is 1. The van der Waals surface area contributed by atoms with Gasteiger partial charge in [-0.2, -0.15) is 0 Å². The van der Waals surface area contributed by atoms with E-state index >= 15 is 0 Å². The molecule has 4 aromatic rings. The highest BCUT2D eigenvalue weighted by Crippen LogP contribution is 2.42. The van der Waals surface area contributed by atoms with Crippen LogP contribution in [0, 0.1) is 5.92 Å². The highest BCUT2D eigenvalue weighted by atomic mass is 16.6. The smallest absolute Gasteiger partial charge is 0.310 e. The molecule has 3 heteroatoms. The van der Waals surface area contributed by atoms with Crippen molar-refractivity contribution in [3.8, 4) is 11.1 Å². The fraction of sp³-hybridized carbons (Fsp3) is 0.323. The van der Waals surface area contributed by atoms with Crippen molar-refractivity contribution in [3.63, 3.8) is 0 Å². The summed E-state index contributed by atoms with van der Waals surface area (Å²) in [4.78, 5) is 15.4. The quantitative estimate of drug-likeness (QED) is 0.305. The molecule has 0 saturated heterocycles. The first-order valence-corrected chi connectivity index (χ1v) is 12.2. The van der Waals surface area contributed by atoms with E-state index < -0.39 is 5.60 Å². The molecule has 1 heterocycles. The van der Waals surface area contributed by atoms with Crippen LogP contribution in [0.4, 0.5) is 0 Å². The minimum Gasteiger partial charge on any atom is -0.460 e. The molecule has 0 aliphatic carbocycles. The summed E-state index contributed by atoms with van der Waals surface area (Å²) >= 11 is 0. The number of hydrogen-bond donors (Lipinski definition) is 0. The van der Waals surface area contributed by atoms with Crippen LogP contribution in [-0.2, 0) is 22.6 Å². The Hall–Kier alpha value is -3.17. The lowest BCUT2D eigenvalue weighted by atomic mass is 9.88. The number of rotatable bonds is 3. The Kier molecular flexibility index (Phi) is 5.69.